The molecule has 4 aromatic rings. The molecule has 3 heterocycles. The maximum atomic E-state index is 15.1. The summed E-state index contributed by atoms with van der Waals surface area (Å²) in [6, 6.07) is 13.9. The van der Waals surface area contributed by atoms with E-state index in [9.17, 15) is 28.8 Å². The molecule has 5 rings (SSSR count). The first kappa shape index (κ1) is 69.4. The second kappa shape index (κ2) is 31.3. The maximum absolute atomic E-state index is 15.1. The monoisotopic (exact) mass is 1190 g/mol. The predicted octanol–water partition coefficient (Wildman–Crippen LogP) is 7.90. The number of likely N-dealkylation sites (N-methyl/N-ethyl adjacent to an activating group) is 4. The van der Waals surface area contributed by atoms with Gasteiger partial charge in [-0.1, -0.05) is 118 Å². The first-order valence-corrected chi connectivity index (χ1v) is 30.5. The molecule has 0 aliphatic carbocycles. The second-order valence-corrected chi connectivity index (χ2v) is 25.0. The zero-order valence-corrected chi connectivity index (χ0v) is 54.2. The van der Waals surface area contributed by atoms with Gasteiger partial charge in [-0.05, 0) is 124 Å². The fraction of sp³-hybridized carbons (Fsp3) is 0.606. The van der Waals surface area contributed by atoms with Crippen LogP contribution in [0.1, 0.15) is 154 Å². The molecule has 20 heteroatoms. The van der Waals surface area contributed by atoms with Crippen LogP contribution in [0.4, 0.5) is 0 Å². The summed E-state index contributed by atoms with van der Waals surface area (Å²) in [6.45, 7) is 26.6. The average molecular weight is 1190 g/mol. The van der Waals surface area contributed by atoms with E-state index < -0.39 is 96.1 Å². The Morgan fingerprint density at radius 3 is 0.930 bits per heavy atom. The molecule has 1 aliphatic heterocycles. The first-order chi connectivity index (χ1) is 40.4. The smallest absolute Gasteiger partial charge is 0.329 e. The van der Waals surface area contributed by atoms with Gasteiger partial charge in [0.15, 0.2) is 24.4 Å². The van der Waals surface area contributed by atoms with Gasteiger partial charge >= 0.3 is 23.9 Å². The van der Waals surface area contributed by atoms with Crippen LogP contribution in [0.15, 0.2) is 60.7 Å². The largest absolute Gasteiger partial charge is 0.451 e. The predicted molar refractivity (Wildman–Crippen MR) is 326 cm³/mol. The first-order valence-electron chi connectivity index (χ1n) is 30.5. The minimum Gasteiger partial charge on any atom is -0.451 e. The fourth-order valence-corrected chi connectivity index (χ4v) is 10.9. The van der Waals surface area contributed by atoms with Crippen molar-refractivity contribution in [1.82, 2.24) is 39.2 Å². The standard InChI is InChI=1S/C66H96N8O12/c1-19-51-33-43(11)67-73(51)37-49-25-21-47(22-26-49)35-57-61(77)71(17)53(29-39(3)4)63(79)83-46(14)60(76)70(16)56(32-42(9)10)66(82)86-58(36-48-23-27-50(28-24-48)38-74-52(20-2)34-44(12)68-74)62(78)72(18)54(30-40(5)6)64(80)84-45(13)59(75)69(15)55(31-41(7)8)65(81)85-57/h21-28,33-34,39-42,45-46,53-58H,19-20,29-32,35-38H2,1-18H3/t45-,46-,53+,54+,55+,56+,57-,58-/m1/s1. The molecule has 4 amide bonds. The number of ether oxygens (including phenoxy) is 4. The van der Waals surface area contributed by atoms with Crippen molar-refractivity contribution >= 4 is 47.5 Å². The number of amides is 4. The highest BCUT2D eigenvalue weighted by Crippen LogP contribution is 2.25. The summed E-state index contributed by atoms with van der Waals surface area (Å²) >= 11 is 0. The Morgan fingerprint density at radius 2 is 0.663 bits per heavy atom. The van der Waals surface area contributed by atoms with Crippen molar-refractivity contribution in [2.45, 2.75) is 210 Å². The van der Waals surface area contributed by atoms with Gasteiger partial charge in [-0.25, -0.2) is 19.2 Å². The lowest BCUT2D eigenvalue weighted by Gasteiger charge is -2.35. The Kier molecular flexibility index (Phi) is 25.3. The van der Waals surface area contributed by atoms with Gasteiger partial charge in [0.05, 0.1) is 24.5 Å². The van der Waals surface area contributed by atoms with Gasteiger partial charge < -0.3 is 38.5 Å². The number of hydrogen-bond donors (Lipinski definition) is 0. The van der Waals surface area contributed by atoms with Crippen LogP contribution in [0.3, 0.4) is 0 Å². The third-order valence-corrected chi connectivity index (χ3v) is 15.7. The highest BCUT2D eigenvalue weighted by molar-refractivity contribution is 5.94. The lowest BCUT2D eigenvalue weighted by molar-refractivity contribution is -0.176. The maximum Gasteiger partial charge on any atom is 0.329 e. The number of cyclic esters (lactones) is 4. The molecule has 0 saturated carbocycles. The van der Waals surface area contributed by atoms with E-state index in [0.717, 1.165) is 56.5 Å². The molecule has 0 radical (unpaired) electrons. The molecule has 0 spiro atoms. The zero-order chi connectivity index (χ0) is 64.0. The Labute approximate surface area is 509 Å². The minimum absolute atomic E-state index is 0.0837. The van der Waals surface area contributed by atoms with E-state index in [1.807, 2.05) is 139 Å². The van der Waals surface area contributed by atoms with Crippen LogP contribution in [0.5, 0.6) is 0 Å². The van der Waals surface area contributed by atoms with E-state index in [1.165, 1.54) is 51.8 Å². The minimum atomic E-state index is -1.53. The number of nitrogens with zero attached hydrogens (tertiary/aromatic N) is 8. The third-order valence-electron chi connectivity index (χ3n) is 15.7. The van der Waals surface area contributed by atoms with Crippen molar-refractivity contribution in [2.75, 3.05) is 28.2 Å². The molecule has 1 aliphatic rings. The van der Waals surface area contributed by atoms with Crippen molar-refractivity contribution in [3.63, 3.8) is 0 Å². The number of rotatable bonds is 18. The molecule has 8 atom stereocenters. The Morgan fingerprint density at radius 1 is 0.407 bits per heavy atom. The van der Waals surface area contributed by atoms with Crippen LogP contribution in [0, 0.1) is 37.5 Å². The molecule has 0 bridgehead atoms. The highest BCUT2D eigenvalue weighted by Gasteiger charge is 2.43. The summed E-state index contributed by atoms with van der Waals surface area (Å²) in [5.74, 6) is -7.40. The number of aryl methyl sites for hydroxylation is 4. The third kappa shape index (κ3) is 18.8. The van der Waals surface area contributed by atoms with Crippen LogP contribution in [-0.2, 0) is 96.1 Å². The number of esters is 4. The normalized spacial score (nSPS) is 22.5. The van der Waals surface area contributed by atoms with Crippen LogP contribution >= 0.6 is 0 Å². The van der Waals surface area contributed by atoms with E-state index in [1.54, 1.807) is 0 Å². The Balaban J connectivity index is 1.59. The van der Waals surface area contributed by atoms with E-state index in [2.05, 4.69) is 24.0 Å². The van der Waals surface area contributed by atoms with Crippen LogP contribution in [-0.4, -0.2) is 163 Å². The molecular formula is C66H96N8O12. The summed E-state index contributed by atoms with van der Waals surface area (Å²) in [6.07, 6.45) is -4.38. The quantitative estimate of drug-likeness (QED) is 0.0683. The van der Waals surface area contributed by atoms with Crippen molar-refractivity contribution in [3.05, 3.63) is 106 Å². The molecule has 1 saturated heterocycles. The molecule has 20 nitrogen and oxygen atoms in total. The Hall–Kier alpha value is -7.38. The van der Waals surface area contributed by atoms with Crippen LogP contribution in [0.2, 0.25) is 0 Å². The lowest BCUT2D eigenvalue weighted by Crippen LogP contribution is -2.55. The van der Waals surface area contributed by atoms with Crippen LogP contribution in [0.25, 0.3) is 0 Å². The van der Waals surface area contributed by atoms with E-state index in [0.29, 0.717) is 24.2 Å². The summed E-state index contributed by atoms with van der Waals surface area (Å²) in [5.41, 5.74) is 7.07. The van der Waals surface area contributed by atoms with Crippen LogP contribution < -0.4 is 0 Å². The molecular weight excluding hydrogens is 1100 g/mol. The van der Waals surface area contributed by atoms with Crippen molar-refractivity contribution in [1.29, 1.82) is 0 Å². The lowest BCUT2D eigenvalue weighted by atomic mass is 9.99. The topological polar surface area (TPSA) is 222 Å². The van der Waals surface area contributed by atoms with Gasteiger partial charge in [0, 0.05) is 52.4 Å². The Bertz CT molecular complexity index is 2750. The number of carbonyl (C=O) groups is 8. The zero-order valence-electron chi connectivity index (χ0n) is 54.2. The molecule has 1 fully saturated rings. The average Bonchev–Trinajstić information content (AvgIpc) is 2.34. The second-order valence-electron chi connectivity index (χ2n) is 25.0. The van der Waals surface area contributed by atoms with Gasteiger partial charge in [0.2, 0.25) is 0 Å². The highest BCUT2D eigenvalue weighted by atomic mass is 16.6. The van der Waals surface area contributed by atoms with Crippen molar-refractivity contribution in [2.24, 2.45) is 23.7 Å². The van der Waals surface area contributed by atoms with Crippen molar-refractivity contribution in [3.8, 4) is 0 Å². The fourth-order valence-electron chi connectivity index (χ4n) is 10.9. The molecule has 86 heavy (non-hydrogen) atoms. The summed E-state index contributed by atoms with van der Waals surface area (Å²) in [4.78, 5) is 123. The number of hydrogen-bond acceptors (Lipinski definition) is 14. The van der Waals surface area contributed by atoms with E-state index in [4.69, 9.17) is 18.9 Å². The number of carbonyl (C=O) groups excluding carboxylic acids is 8. The SMILES string of the molecule is CCc1cc(C)nn1Cc1ccc(C[C@H]2OC(=O)[C@H](CC(C)C)N(C)C(=O)[C@@H](C)OC(=O)[C@H](CC(C)C)N(C)C(=O)[C@@H](Cc3ccc(Cn4nc(C)cc4CC)cc3)OC(=O)[C@H](CC(C)C)N(C)C(=O)[C@@H](C)OC(=O)[C@H](CC(C)C)N(C)C2=O)cc1. The molecule has 472 valence electrons. The van der Waals surface area contributed by atoms with E-state index in [-0.39, 0.29) is 62.2 Å². The van der Waals surface area contributed by atoms with E-state index >= 15 is 9.59 Å². The summed E-state index contributed by atoms with van der Waals surface area (Å²) < 4.78 is 28.2. The molecule has 0 N–H and O–H groups in total. The molecule has 2 aromatic carbocycles. The number of benzene rings is 2. The molecule has 0 unspecified atom stereocenters. The molecule has 2 aromatic heterocycles. The summed E-state index contributed by atoms with van der Waals surface area (Å²) in [7, 11) is 5.61. The number of aromatic nitrogens is 4. The van der Waals surface area contributed by atoms with Gasteiger partial charge in [0.25, 0.3) is 23.6 Å². The van der Waals surface area contributed by atoms with Gasteiger partial charge in [-0.3, -0.25) is 28.5 Å². The summed E-state index contributed by atoms with van der Waals surface area (Å²) in [5, 5.41) is 9.29. The van der Waals surface area contributed by atoms with Gasteiger partial charge in [-0.2, -0.15) is 10.2 Å². The van der Waals surface area contributed by atoms with Gasteiger partial charge in [0.1, 0.15) is 24.2 Å². The van der Waals surface area contributed by atoms with Crippen molar-refractivity contribution < 1.29 is 57.3 Å². The van der Waals surface area contributed by atoms with Gasteiger partial charge in [-0.15, -0.1) is 0 Å².